The summed E-state index contributed by atoms with van der Waals surface area (Å²) in [6.45, 7) is 4.43. The maximum absolute atomic E-state index is 10.9. The lowest BCUT2D eigenvalue weighted by molar-refractivity contribution is -0.104. The second-order valence-corrected chi connectivity index (χ2v) is 8.76. The van der Waals surface area contributed by atoms with Crippen molar-refractivity contribution < 1.29 is 10.2 Å². The fraction of sp³-hybridized carbons (Fsp3) is 0.895. The third-order valence-corrected chi connectivity index (χ3v) is 7.98. The van der Waals surface area contributed by atoms with E-state index >= 15 is 0 Å². The summed E-state index contributed by atoms with van der Waals surface area (Å²) in [6.07, 6.45) is 11.3. The van der Waals surface area contributed by atoms with Crippen molar-refractivity contribution in [3.63, 3.8) is 0 Å². The lowest BCUT2D eigenvalue weighted by atomic mass is 9.51. The van der Waals surface area contributed by atoms with Gasteiger partial charge in [-0.2, -0.15) is 0 Å². The Kier molecular flexibility index (Phi) is 3.11. The number of aliphatic hydroxyl groups is 2. The van der Waals surface area contributed by atoms with Crippen LogP contribution in [0.3, 0.4) is 0 Å². The lowest BCUT2D eigenvalue weighted by Crippen LogP contribution is -2.51. The van der Waals surface area contributed by atoms with Crippen molar-refractivity contribution in [3.05, 3.63) is 11.6 Å². The number of hydrogen-bond acceptors (Lipinski definition) is 2. The van der Waals surface area contributed by atoms with Gasteiger partial charge < -0.3 is 10.2 Å². The van der Waals surface area contributed by atoms with Crippen LogP contribution in [0.1, 0.15) is 65.2 Å². The zero-order valence-electron chi connectivity index (χ0n) is 13.5. The van der Waals surface area contributed by atoms with Crippen LogP contribution in [0.4, 0.5) is 0 Å². The first-order valence-electron chi connectivity index (χ1n) is 9.02. The van der Waals surface area contributed by atoms with Crippen molar-refractivity contribution in [3.8, 4) is 0 Å². The third kappa shape index (κ3) is 1.91. The normalized spacial score (nSPS) is 56.2. The van der Waals surface area contributed by atoms with Crippen molar-refractivity contribution in [2.75, 3.05) is 0 Å². The zero-order chi connectivity index (χ0) is 14.8. The van der Waals surface area contributed by atoms with Gasteiger partial charge in [0.1, 0.15) is 0 Å². The molecular formula is C19H30O2. The van der Waals surface area contributed by atoms with Gasteiger partial charge in [-0.1, -0.05) is 18.6 Å². The first-order chi connectivity index (χ1) is 9.92. The summed E-state index contributed by atoms with van der Waals surface area (Å²) < 4.78 is 0. The third-order valence-electron chi connectivity index (χ3n) is 7.98. The van der Waals surface area contributed by atoms with Crippen LogP contribution in [0.25, 0.3) is 0 Å². The molecule has 0 saturated heterocycles. The van der Waals surface area contributed by atoms with Crippen molar-refractivity contribution in [1.82, 2.24) is 0 Å². The summed E-state index contributed by atoms with van der Waals surface area (Å²) in [6, 6.07) is 0. The fourth-order valence-electron chi connectivity index (χ4n) is 6.49. The first kappa shape index (κ1) is 14.3. The van der Waals surface area contributed by atoms with Crippen molar-refractivity contribution in [2.24, 2.45) is 29.1 Å². The molecule has 0 aromatic rings. The second-order valence-electron chi connectivity index (χ2n) is 8.76. The van der Waals surface area contributed by atoms with Crippen LogP contribution in [0.2, 0.25) is 0 Å². The summed E-state index contributed by atoms with van der Waals surface area (Å²) in [5.41, 5.74) is 1.23. The van der Waals surface area contributed by atoms with Gasteiger partial charge in [-0.15, -0.1) is 0 Å². The molecule has 0 aromatic carbocycles. The topological polar surface area (TPSA) is 40.5 Å². The SMILES string of the molecule is CC1(O)CC[C@@H]2[C@@H]3CC=C4C[C@@H](O)CC[C@@H]4[C@@H]3CC[C@@]21C. The van der Waals surface area contributed by atoms with Gasteiger partial charge in [0, 0.05) is 0 Å². The highest BCUT2D eigenvalue weighted by molar-refractivity contribution is 5.21. The fourth-order valence-corrected chi connectivity index (χ4v) is 6.49. The van der Waals surface area contributed by atoms with E-state index in [0.29, 0.717) is 5.92 Å². The molecule has 0 aliphatic heterocycles. The van der Waals surface area contributed by atoms with Crippen molar-refractivity contribution >= 4 is 0 Å². The van der Waals surface area contributed by atoms with Crippen LogP contribution in [0.15, 0.2) is 11.6 Å². The highest BCUT2D eigenvalue weighted by atomic mass is 16.3. The number of fused-ring (bicyclic) bond motifs is 5. The Balaban J connectivity index is 1.63. The van der Waals surface area contributed by atoms with Crippen LogP contribution >= 0.6 is 0 Å². The summed E-state index contributed by atoms with van der Waals surface area (Å²) in [5.74, 6) is 3.05. The molecular weight excluding hydrogens is 260 g/mol. The van der Waals surface area contributed by atoms with Gasteiger partial charge in [0.2, 0.25) is 0 Å². The molecule has 4 aliphatic carbocycles. The minimum atomic E-state index is -0.463. The molecule has 2 N–H and O–H groups in total. The van der Waals surface area contributed by atoms with Crippen LogP contribution in [-0.2, 0) is 0 Å². The molecule has 2 nitrogen and oxygen atoms in total. The summed E-state index contributed by atoms with van der Waals surface area (Å²) in [5, 5.41) is 20.8. The van der Waals surface area contributed by atoms with Crippen LogP contribution < -0.4 is 0 Å². The Morgan fingerprint density at radius 3 is 2.67 bits per heavy atom. The Labute approximate surface area is 128 Å². The minimum Gasteiger partial charge on any atom is -0.393 e. The quantitative estimate of drug-likeness (QED) is 0.668. The molecule has 4 aliphatic rings. The predicted octanol–water partition coefficient (Wildman–Crippen LogP) is 3.67. The maximum Gasteiger partial charge on any atom is 0.0675 e. The Hall–Kier alpha value is -0.340. The molecule has 2 heteroatoms. The van der Waals surface area contributed by atoms with Gasteiger partial charge in [0.05, 0.1) is 11.7 Å². The molecule has 3 fully saturated rings. The van der Waals surface area contributed by atoms with E-state index in [1.807, 2.05) is 0 Å². The van der Waals surface area contributed by atoms with E-state index < -0.39 is 5.60 Å². The molecule has 4 rings (SSSR count). The standard InChI is InChI=1S/C19H30O2/c1-18-9-7-15-14-6-4-13(20)11-12(14)3-5-16(15)17(18)8-10-19(18,2)21/h3,13-17,20-21H,4-11H2,1-2H3/t13-,14-,15-,16+,17+,18-,19?/m0/s1. The smallest absolute Gasteiger partial charge is 0.0675 e. The summed E-state index contributed by atoms with van der Waals surface area (Å²) in [7, 11) is 0. The average molecular weight is 290 g/mol. The van der Waals surface area contributed by atoms with Crippen molar-refractivity contribution in [1.29, 1.82) is 0 Å². The lowest BCUT2D eigenvalue weighted by Gasteiger charge is -2.54. The zero-order valence-corrected chi connectivity index (χ0v) is 13.5. The summed E-state index contributed by atoms with van der Waals surface area (Å²) >= 11 is 0. The van der Waals surface area contributed by atoms with E-state index in [0.717, 1.165) is 37.0 Å². The number of aliphatic hydroxyl groups excluding tert-OH is 1. The van der Waals surface area contributed by atoms with E-state index in [9.17, 15) is 10.2 Å². The maximum atomic E-state index is 10.9. The molecule has 118 valence electrons. The van der Waals surface area contributed by atoms with Crippen LogP contribution in [-0.4, -0.2) is 21.9 Å². The predicted molar refractivity (Wildman–Crippen MR) is 83.7 cm³/mol. The van der Waals surface area contributed by atoms with Gasteiger partial charge in [-0.3, -0.25) is 0 Å². The van der Waals surface area contributed by atoms with Gasteiger partial charge in [0.25, 0.3) is 0 Å². The number of rotatable bonds is 0. The highest BCUT2D eigenvalue weighted by Gasteiger charge is 2.60. The molecule has 0 spiro atoms. The first-order valence-corrected chi connectivity index (χ1v) is 9.02. The number of hydrogen-bond donors (Lipinski definition) is 2. The monoisotopic (exact) mass is 290 g/mol. The minimum absolute atomic E-state index is 0.0925. The van der Waals surface area contributed by atoms with E-state index in [1.54, 1.807) is 5.57 Å². The van der Waals surface area contributed by atoms with Crippen LogP contribution in [0.5, 0.6) is 0 Å². The Morgan fingerprint density at radius 2 is 1.86 bits per heavy atom. The molecule has 7 atom stereocenters. The summed E-state index contributed by atoms with van der Waals surface area (Å²) in [4.78, 5) is 0. The van der Waals surface area contributed by atoms with E-state index in [1.165, 1.54) is 32.1 Å². The van der Waals surface area contributed by atoms with Gasteiger partial charge >= 0.3 is 0 Å². The van der Waals surface area contributed by atoms with E-state index in [4.69, 9.17) is 0 Å². The molecule has 0 aromatic heterocycles. The largest absolute Gasteiger partial charge is 0.393 e. The molecule has 0 heterocycles. The van der Waals surface area contributed by atoms with Gasteiger partial charge in [0.15, 0.2) is 0 Å². The molecule has 1 unspecified atom stereocenters. The molecule has 0 radical (unpaired) electrons. The molecule has 21 heavy (non-hydrogen) atoms. The Morgan fingerprint density at radius 1 is 1.05 bits per heavy atom. The number of allylic oxidation sites excluding steroid dienone is 1. The van der Waals surface area contributed by atoms with E-state index in [-0.39, 0.29) is 11.5 Å². The van der Waals surface area contributed by atoms with Crippen LogP contribution in [0, 0.1) is 29.1 Å². The Bertz CT molecular complexity index is 466. The van der Waals surface area contributed by atoms with Crippen molar-refractivity contribution in [2.45, 2.75) is 76.9 Å². The average Bonchev–Trinajstić information content (AvgIpc) is 2.69. The molecule has 3 saturated carbocycles. The second kappa shape index (κ2) is 4.58. The molecule has 0 bridgehead atoms. The molecule has 0 amide bonds. The highest BCUT2D eigenvalue weighted by Crippen LogP contribution is 2.64. The van der Waals surface area contributed by atoms with E-state index in [2.05, 4.69) is 19.9 Å². The van der Waals surface area contributed by atoms with Gasteiger partial charge in [-0.05, 0) is 87.4 Å². The van der Waals surface area contributed by atoms with Gasteiger partial charge in [-0.25, -0.2) is 0 Å².